The van der Waals surface area contributed by atoms with Gasteiger partial charge in [-0.2, -0.15) is 5.10 Å². The Morgan fingerprint density at radius 1 is 0.971 bits per heavy atom. The van der Waals surface area contributed by atoms with E-state index in [2.05, 4.69) is 51.4 Å². The smallest absolute Gasteiger partial charge is 0.255 e. The van der Waals surface area contributed by atoms with E-state index in [9.17, 15) is 9.18 Å². The van der Waals surface area contributed by atoms with E-state index in [1.54, 1.807) is 23.0 Å². The Kier molecular flexibility index (Phi) is 7.75. The van der Waals surface area contributed by atoms with Gasteiger partial charge in [0, 0.05) is 39.3 Å². The minimum absolute atomic E-state index is 0.0757. The molecule has 1 N–H and O–H groups in total. The average molecular weight is 464 g/mol. The monoisotopic (exact) mass is 463 g/mol. The average Bonchev–Trinajstić information content (AvgIpc) is 3.30. The molecule has 1 fully saturated rings. The van der Waals surface area contributed by atoms with Crippen LogP contribution in [0.5, 0.6) is 0 Å². The van der Waals surface area contributed by atoms with Gasteiger partial charge in [0.25, 0.3) is 5.91 Å². The van der Waals surface area contributed by atoms with E-state index in [1.807, 2.05) is 13.8 Å². The van der Waals surface area contributed by atoms with E-state index in [0.717, 1.165) is 56.2 Å². The fraction of sp³-hybridized carbons (Fsp3) is 0.407. The van der Waals surface area contributed by atoms with Gasteiger partial charge in [0.05, 0.1) is 23.1 Å². The molecule has 7 heteroatoms. The van der Waals surface area contributed by atoms with Gasteiger partial charge < -0.3 is 10.2 Å². The van der Waals surface area contributed by atoms with Gasteiger partial charge >= 0.3 is 0 Å². The zero-order chi connectivity index (χ0) is 24.1. The second-order valence-electron chi connectivity index (χ2n) is 9.20. The Labute approximate surface area is 201 Å². The summed E-state index contributed by atoms with van der Waals surface area (Å²) < 4.78 is 15.0. The molecule has 4 rings (SSSR count). The molecule has 3 aromatic rings. The summed E-state index contributed by atoms with van der Waals surface area (Å²) in [6.07, 6.45) is 1.59. The van der Waals surface area contributed by atoms with Crippen molar-refractivity contribution in [3.8, 4) is 5.69 Å². The Morgan fingerprint density at radius 3 is 2.21 bits per heavy atom. The predicted molar refractivity (Wildman–Crippen MR) is 133 cm³/mol. The minimum Gasteiger partial charge on any atom is -0.348 e. The number of piperazine rings is 1. The van der Waals surface area contributed by atoms with Crippen molar-refractivity contribution in [2.24, 2.45) is 0 Å². The normalized spacial score (nSPS) is 15.1. The lowest BCUT2D eigenvalue weighted by Gasteiger charge is -2.34. The van der Waals surface area contributed by atoms with Crippen molar-refractivity contribution >= 4 is 5.91 Å². The highest BCUT2D eigenvalue weighted by atomic mass is 19.1. The van der Waals surface area contributed by atoms with Crippen molar-refractivity contribution in [2.45, 2.75) is 39.8 Å². The molecule has 1 aliphatic rings. The summed E-state index contributed by atoms with van der Waals surface area (Å²) in [4.78, 5) is 18.0. The number of carbonyl (C=O) groups is 1. The number of hydrogen-bond donors (Lipinski definition) is 1. The summed E-state index contributed by atoms with van der Waals surface area (Å²) in [5, 5.41) is 7.44. The van der Waals surface area contributed by atoms with Crippen LogP contribution in [0.15, 0.2) is 54.7 Å². The van der Waals surface area contributed by atoms with Gasteiger partial charge in [-0.05, 0) is 47.9 Å². The van der Waals surface area contributed by atoms with Gasteiger partial charge in [0.2, 0.25) is 0 Å². The number of carbonyl (C=O) groups excluding carboxylic acids is 1. The standard InChI is InChI=1S/C27H34FN5O/c1-4-31-13-15-32(16-14-31)19-22-7-5-21(6-8-22)17-29-27(34)25-18-30-33(26(25)20(2)3)24-11-9-23(28)10-12-24/h5-12,18,20H,4,13-17,19H2,1-3H3,(H,29,34). The van der Waals surface area contributed by atoms with Gasteiger partial charge in [-0.1, -0.05) is 45.0 Å². The number of hydrogen-bond acceptors (Lipinski definition) is 4. The molecule has 0 saturated carbocycles. The van der Waals surface area contributed by atoms with Crippen molar-refractivity contribution in [1.82, 2.24) is 24.9 Å². The summed E-state index contributed by atoms with van der Waals surface area (Å²) in [6.45, 7) is 13.3. The molecule has 0 radical (unpaired) electrons. The maximum atomic E-state index is 13.3. The van der Waals surface area contributed by atoms with Crippen LogP contribution in [-0.4, -0.2) is 58.2 Å². The molecule has 2 heterocycles. The molecule has 180 valence electrons. The molecule has 1 aliphatic heterocycles. The molecule has 1 saturated heterocycles. The lowest BCUT2D eigenvalue weighted by Crippen LogP contribution is -2.45. The summed E-state index contributed by atoms with van der Waals surface area (Å²) in [5.41, 5.74) is 4.44. The highest BCUT2D eigenvalue weighted by Gasteiger charge is 2.21. The molecule has 0 unspecified atom stereocenters. The Bertz CT molecular complexity index is 1080. The highest BCUT2D eigenvalue weighted by molar-refractivity contribution is 5.95. The number of amides is 1. The van der Waals surface area contributed by atoms with Crippen LogP contribution in [-0.2, 0) is 13.1 Å². The van der Waals surface area contributed by atoms with Crippen molar-refractivity contribution in [1.29, 1.82) is 0 Å². The molecule has 0 spiro atoms. The second kappa shape index (κ2) is 10.9. The summed E-state index contributed by atoms with van der Waals surface area (Å²) >= 11 is 0. The van der Waals surface area contributed by atoms with E-state index >= 15 is 0 Å². The SMILES string of the molecule is CCN1CCN(Cc2ccc(CNC(=O)c3cnn(-c4ccc(F)cc4)c3C(C)C)cc2)CC1. The van der Waals surface area contributed by atoms with E-state index in [-0.39, 0.29) is 17.6 Å². The predicted octanol–water partition coefficient (Wildman–Crippen LogP) is 4.20. The van der Waals surface area contributed by atoms with Crippen LogP contribution < -0.4 is 5.32 Å². The van der Waals surface area contributed by atoms with Crippen molar-refractivity contribution in [2.75, 3.05) is 32.7 Å². The van der Waals surface area contributed by atoms with Crippen LogP contribution in [0, 0.1) is 5.82 Å². The Balaban J connectivity index is 1.37. The van der Waals surface area contributed by atoms with Crippen molar-refractivity contribution in [3.63, 3.8) is 0 Å². The van der Waals surface area contributed by atoms with Crippen LogP contribution in [0.2, 0.25) is 0 Å². The molecule has 0 atom stereocenters. The first-order valence-corrected chi connectivity index (χ1v) is 12.1. The number of aromatic nitrogens is 2. The lowest BCUT2D eigenvalue weighted by atomic mass is 10.0. The largest absolute Gasteiger partial charge is 0.348 e. The molecular formula is C27H34FN5O. The minimum atomic E-state index is -0.301. The molecular weight excluding hydrogens is 429 g/mol. The first-order chi connectivity index (χ1) is 16.4. The van der Waals surface area contributed by atoms with Crippen LogP contribution in [0.3, 0.4) is 0 Å². The van der Waals surface area contributed by atoms with Crippen LogP contribution in [0.1, 0.15) is 53.9 Å². The third-order valence-electron chi connectivity index (χ3n) is 6.46. The van der Waals surface area contributed by atoms with Crippen molar-refractivity contribution < 1.29 is 9.18 Å². The number of nitrogens with zero attached hydrogens (tertiary/aromatic N) is 4. The molecule has 1 aromatic heterocycles. The van der Waals surface area contributed by atoms with Gasteiger partial charge in [0.15, 0.2) is 0 Å². The zero-order valence-electron chi connectivity index (χ0n) is 20.3. The molecule has 6 nitrogen and oxygen atoms in total. The summed E-state index contributed by atoms with van der Waals surface area (Å²) in [7, 11) is 0. The van der Waals surface area contributed by atoms with Gasteiger partial charge in [0.1, 0.15) is 5.82 Å². The maximum absolute atomic E-state index is 13.3. The van der Waals surface area contributed by atoms with Crippen LogP contribution >= 0.6 is 0 Å². The van der Waals surface area contributed by atoms with E-state index in [4.69, 9.17) is 0 Å². The fourth-order valence-electron chi connectivity index (χ4n) is 4.44. The Morgan fingerprint density at radius 2 is 1.59 bits per heavy atom. The second-order valence-corrected chi connectivity index (χ2v) is 9.20. The third kappa shape index (κ3) is 5.72. The maximum Gasteiger partial charge on any atom is 0.255 e. The third-order valence-corrected chi connectivity index (χ3v) is 6.46. The number of likely N-dealkylation sites (N-methyl/N-ethyl adjacent to an activating group) is 1. The quantitative estimate of drug-likeness (QED) is 0.544. The van der Waals surface area contributed by atoms with E-state index in [1.165, 1.54) is 17.7 Å². The van der Waals surface area contributed by atoms with Crippen molar-refractivity contribution in [3.05, 3.63) is 82.9 Å². The first kappa shape index (κ1) is 24.1. The van der Waals surface area contributed by atoms with Gasteiger partial charge in [-0.3, -0.25) is 9.69 Å². The molecule has 0 bridgehead atoms. The topological polar surface area (TPSA) is 53.4 Å². The first-order valence-electron chi connectivity index (χ1n) is 12.1. The van der Waals surface area contributed by atoms with E-state index < -0.39 is 0 Å². The number of nitrogens with one attached hydrogen (secondary N) is 1. The van der Waals surface area contributed by atoms with Gasteiger partial charge in [-0.15, -0.1) is 0 Å². The van der Waals surface area contributed by atoms with E-state index in [0.29, 0.717) is 12.1 Å². The number of halogens is 1. The van der Waals surface area contributed by atoms with Gasteiger partial charge in [-0.25, -0.2) is 9.07 Å². The molecule has 34 heavy (non-hydrogen) atoms. The number of benzene rings is 2. The summed E-state index contributed by atoms with van der Waals surface area (Å²) in [6, 6.07) is 14.6. The van der Waals surface area contributed by atoms with Crippen LogP contribution in [0.4, 0.5) is 4.39 Å². The molecule has 0 aliphatic carbocycles. The molecule has 1 amide bonds. The highest BCUT2D eigenvalue weighted by Crippen LogP contribution is 2.23. The lowest BCUT2D eigenvalue weighted by molar-refractivity contribution is 0.0949. The zero-order valence-corrected chi connectivity index (χ0v) is 20.3. The Hall–Kier alpha value is -3.03. The fourth-order valence-corrected chi connectivity index (χ4v) is 4.44. The summed E-state index contributed by atoms with van der Waals surface area (Å²) in [5.74, 6) is -0.383. The number of rotatable bonds is 8. The van der Waals surface area contributed by atoms with Crippen LogP contribution in [0.25, 0.3) is 5.69 Å². The molecule has 2 aromatic carbocycles.